The minimum Gasteiger partial charge on any atom is -0.481 e. The van der Waals surface area contributed by atoms with Crippen molar-refractivity contribution in [3.8, 4) is 11.4 Å². The van der Waals surface area contributed by atoms with Gasteiger partial charge in [-0.1, -0.05) is 54.6 Å². The lowest BCUT2D eigenvalue weighted by atomic mass is 10.1. The average Bonchev–Trinajstić information content (AvgIpc) is 3.68. The molecular weight excluding hydrogens is 513 g/mol. The lowest BCUT2D eigenvalue weighted by molar-refractivity contribution is 0.0940. The summed E-state index contributed by atoms with van der Waals surface area (Å²) >= 11 is 0. The highest BCUT2D eigenvalue weighted by Crippen LogP contribution is 2.29. The molecule has 2 aromatic heterocycles. The summed E-state index contributed by atoms with van der Waals surface area (Å²) in [4.78, 5) is 37.7. The van der Waals surface area contributed by atoms with Crippen LogP contribution in [0.25, 0.3) is 5.69 Å². The molecule has 3 heterocycles. The van der Waals surface area contributed by atoms with Gasteiger partial charge in [0.1, 0.15) is 25.1 Å². The van der Waals surface area contributed by atoms with E-state index in [9.17, 15) is 14.0 Å². The lowest BCUT2D eigenvalue weighted by Gasteiger charge is -2.19. The molecule has 0 atom stereocenters. The van der Waals surface area contributed by atoms with Crippen molar-refractivity contribution in [2.45, 2.75) is 19.7 Å². The molecule has 1 aliphatic rings. The monoisotopic (exact) mass is 537 g/mol. The van der Waals surface area contributed by atoms with Crippen LogP contribution in [0.4, 0.5) is 16.0 Å². The lowest BCUT2D eigenvalue weighted by Crippen LogP contribution is -2.31. The van der Waals surface area contributed by atoms with Crippen LogP contribution in [0.2, 0.25) is 0 Å². The Kier molecular flexibility index (Phi) is 6.75. The first-order valence-corrected chi connectivity index (χ1v) is 12.6. The summed E-state index contributed by atoms with van der Waals surface area (Å²) < 4.78 is 22.9. The predicted molar refractivity (Wildman–Crippen MR) is 145 cm³/mol. The molecule has 0 bridgehead atoms. The molecule has 1 N–H and O–H groups in total. The van der Waals surface area contributed by atoms with Crippen LogP contribution in [-0.2, 0) is 19.7 Å². The molecule has 11 heteroatoms. The number of fused-ring (bicyclic) bond motifs is 1. The Morgan fingerprint density at radius 3 is 2.52 bits per heavy atom. The number of nitrogens with one attached hydrogen (secondary N) is 1. The summed E-state index contributed by atoms with van der Waals surface area (Å²) in [5, 5.41) is 6.89. The first-order valence-electron chi connectivity index (χ1n) is 12.6. The Labute approximate surface area is 228 Å². The summed E-state index contributed by atoms with van der Waals surface area (Å²) in [6, 6.07) is 23.1. The Balaban J connectivity index is 1.34. The van der Waals surface area contributed by atoms with E-state index in [2.05, 4.69) is 20.4 Å². The van der Waals surface area contributed by atoms with Gasteiger partial charge in [-0.05, 0) is 35.4 Å². The Hall–Kier alpha value is -5.32. The predicted octanol–water partition coefficient (Wildman–Crippen LogP) is 3.62. The van der Waals surface area contributed by atoms with Crippen LogP contribution in [0.3, 0.4) is 0 Å². The van der Waals surface area contributed by atoms with E-state index in [0.717, 1.165) is 11.3 Å². The summed E-state index contributed by atoms with van der Waals surface area (Å²) in [5.74, 6) is -0.821. The van der Waals surface area contributed by atoms with Gasteiger partial charge in [0.25, 0.3) is 11.5 Å². The molecule has 1 aliphatic heterocycles. The molecule has 200 valence electrons. The number of hydrogen-bond acceptors (Lipinski definition) is 7. The number of carbonyl (C=O) groups is 1. The third-order valence-electron chi connectivity index (χ3n) is 6.56. The van der Waals surface area contributed by atoms with Crippen molar-refractivity contribution in [1.29, 1.82) is 0 Å². The number of halogens is 1. The van der Waals surface area contributed by atoms with Crippen molar-refractivity contribution in [3.63, 3.8) is 0 Å². The first kappa shape index (κ1) is 25.0. The fourth-order valence-corrected chi connectivity index (χ4v) is 4.59. The van der Waals surface area contributed by atoms with E-state index in [-0.39, 0.29) is 24.6 Å². The van der Waals surface area contributed by atoms with E-state index in [0.29, 0.717) is 30.3 Å². The molecule has 6 rings (SSSR count). The molecule has 40 heavy (non-hydrogen) atoms. The standard InChI is InChI=1S/C29H24FN7O3/c30-22-12-11-21(24(15-22)37-19-31-18-33-37)16-32-27(38)25-26(40-17-20-7-3-1-4-8-20)28(39)36-14-13-35(29(36)34-25)23-9-5-2-6-10-23/h1-12,15,18-19H,13-14,16-17H2,(H,32,38). The molecule has 0 spiro atoms. The molecule has 10 nitrogen and oxygen atoms in total. The molecular formula is C29H24FN7O3. The van der Waals surface area contributed by atoms with E-state index in [1.165, 1.54) is 34.0 Å². The highest BCUT2D eigenvalue weighted by Gasteiger charge is 2.30. The second-order valence-electron chi connectivity index (χ2n) is 9.10. The van der Waals surface area contributed by atoms with Gasteiger partial charge in [0.15, 0.2) is 5.69 Å². The van der Waals surface area contributed by atoms with Gasteiger partial charge in [-0.25, -0.2) is 19.0 Å². The number of amides is 1. The van der Waals surface area contributed by atoms with Gasteiger partial charge >= 0.3 is 0 Å². The number of anilines is 2. The van der Waals surface area contributed by atoms with Crippen LogP contribution < -0.4 is 20.5 Å². The molecule has 0 unspecified atom stereocenters. The third-order valence-corrected chi connectivity index (χ3v) is 6.56. The Morgan fingerprint density at radius 2 is 1.77 bits per heavy atom. The van der Waals surface area contributed by atoms with Crippen molar-refractivity contribution in [2.24, 2.45) is 0 Å². The normalized spacial score (nSPS) is 12.3. The maximum atomic E-state index is 14.0. The molecule has 0 radical (unpaired) electrons. The summed E-state index contributed by atoms with van der Waals surface area (Å²) in [7, 11) is 0. The molecule has 0 fully saturated rings. The zero-order chi connectivity index (χ0) is 27.5. The molecule has 0 saturated carbocycles. The van der Waals surface area contributed by atoms with Crippen LogP contribution in [0.5, 0.6) is 5.75 Å². The summed E-state index contributed by atoms with van der Waals surface area (Å²) in [6.45, 7) is 1.03. The fraction of sp³-hybridized carbons (Fsp3) is 0.138. The molecule has 0 aliphatic carbocycles. The maximum Gasteiger partial charge on any atom is 0.298 e. The summed E-state index contributed by atoms with van der Waals surface area (Å²) in [5.41, 5.74) is 2.16. The number of carbonyl (C=O) groups excluding carboxylic acids is 1. The quantitative estimate of drug-likeness (QED) is 0.322. The number of benzene rings is 3. The van der Waals surface area contributed by atoms with Crippen molar-refractivity contribution >= 4 is 17.5 Å². The van der Waals surface area contributed by atoms with Crippen LogP contribution in [0.1, 0.15) is 21.6 Å². The minimum atomic E-state index is -0.600. The van der Waals surface area contributed by atoms with Crippen molar-refractivity contribution in [2.75, 3.05) is 11.4 Å². The van der Waals surface area contributed by atoms with Crippen molar-refractivity contribution in [1.82, 2.24) is 29.6 Å². The molecule has 0 saturated heterocycles. The second-order valence-corrected chi connectivity index (χ2v) is 9.10. The van der Waals surface area contributed by atoms with E-state index in [1.807, 2.05) is 65.6 Å². The SMILES string of the molecule is O=C(NCc1ccc(F)cc1-n1cncn1)c1nc2n(c(=O)c1OCc1ccccc1)CCN2c1ccccc1. The van der Waals surface area contributed by atoms with Crippen LogP contribution in [-0.4, -0.2) is 36.8 Å². The van der Waals surface area contributed by atoms with Gasteiger partial charge in [0, 0.05) is 25.3 Å². The highest BCUT2D eigenvalue weighted by molar-refractivity contribution is 5.95. The van der Waals surface area contributed by atoms with Crippen LogP contribution >= 0.6 is 0 Å². The fourth-order valence-electron chi connectivity index (χ4n) is 4.59. The van der Waals surface area contributed by atoms with E-state index < -0.39 is 17.3 Å². The highest BCUT2D eigenvalue weighted by atomic mass is 19.1. The number of ether oxygens (including phenoxy) is 1. The largest absolute Gasteiger partial charge is 0.481 e. The Morgan fingerprint density at radius 1 is 1.00 bits per heavy atom. The van der Waals surface area contributed by atoms with Crippen molar-refractivity contribution < 1.29 is 13.9 Å². The third kappa shape index (κ3) is 4.92. The van der Waals surface area contributed by atoms with Crippen molar-refractivity contribution in [3.05, 3.63) is 125 Å². The maximum absolute atomic E-state index is 14.0. The zero-order valence-electron chi connectivity index (χ0n) is 21.3. The number of para-hydroxylation sites is 1. The average molecular weight is 538 g/mol. The number of nitrogens with zero attached hydrogens (tertiary/aromatic N) is 6. The molecule has 3 aromatic carbocycles. The zero-order valence-corrected chi connectivity index (χ0v) is 21.3. The van der Waals surface area contributed by atoms with Gasteiger partial charge in [0.05, 0.1) is 5.69 Å². The minimum absolute atomic E-state index is 0.0227. The van der Waals surface area contributed by atoms with Gasteiger partial charge in [0.2, 0.25) is 11.7 Å². The van der Waals surface area contributed by atoms with E-state index >= 15 is 0 Å². The van der Waals surface area contributed by atoms with E-state index in [4.69, 9.17) is 4.74 Å². The van der Waals surface area contributed by atoms with Gasteiger partial charge < -0.3 is 15.0 Å². The van der Waals surface area contributed by atoms with Gasteiger partial charge in [-0.15, -0.1) is 0 Å². The number of hydrogen-bond donors (Lipinski definition) is 1. The molecule has 5 aromatic rings. The van der Waals surface area contributed by atoms with Gasteiger partial charge in [-0.3, -0.25) is 14.2 Å². The molecule has 1 amide bonds. The first-order chi connectivity index (χ1) is 19.6. The van der Waals surface area contributed by atoms with Gasteiger partial charge in [-0.2, -0.15) is 5.10 Å². The number of aromatic nitrogens is 5. The smallest absolute Gasteiger partial charge is 0.298 e. The van der Waals surface area contributed by atoms with E-state index in [1.54, 1.807) is 6.07 Å². The Bertz CT molecular complexity index is 1710. The second kappa shape index (κ2) is 10.8. The van der Waals surface area contributed by atoms with Crippen LogP contribution in [0.15, 0.2) is 96.3 Å². The topological polar surface area (TPSA) is 107 Å². The number of rotatable bonds is 8. The van der Waals surface area contributed by atoms with Crippen LogP contribution in [0, 0.1) is 5.82 Å². The summed E-state index contributed by atoms with van der Waals surface area (Å²) in [6.07, 6.45) is 2.78.